The van der Waals surface area contributed by atoms with Crippen LogP contribution in [0.15, 0.2) is 18.2 Å². The molecule has 0 bridgehead atoms. The molecule has 0 aliphatic heterocycles. The molecule has 0 aliphatic carbocycles. The smallest absolute Gasteiger partial charge is 0.00418 e. The van der Waals surface area contributed by atoms with Crippen LogP contribution in [0.1, 0.15) is 42.9 Å². The molecule has 1 aromatic carbocycles. The quantitative estimate of drug-likeness (QED) is 0.783. The highest BCUT2D eigenvalue weighted by Gasteiger charge is 2.03. The third kappa shape index (κ3) is 4.05. The summed E-state index contributed by atoms with van der Waals surface area (Å²) in [4.78, 5) is 0. The van der Waals surface area contributed by atoms with Gasteiger partial charge in [0.15, 0.2) is 0 Å². The lowest BCUT2D eigenvalue weighted by Crippen LogP contribution is -2.20. The summed E-state index contributed by atoms with van der Waals surface area (Å²) in [7, 11) is 0. The Bertz CT molecular complexity index is 304. The van der Waals surface area contributed by atoms with E-state index in [1.165, 1.54) is 23.1 Å². The van der Waals surface area contributed by atoms with Gasteiger partial charge in [0.1, 0.15) is 0 Å². The molecule has 0 radical (unpaired) electrons. The van der Waals surface area contributed by atoms with Gasteiger partial charge >= 0.3 is 0 Å². The molecule has 0 amide bonds. The first-order valence-corrected chi connectivity index (χ1v) is 5.95. The number of hydrogen-bond donors (Lipinski definition) is 1. The topological polar surface area (TPSA) is 26.0 Å². The van der Waals surface area contributed by atoms with Crippen molar-refractivity contribution in [1.82, 2.24) is 0 Å². The Kier molecular flexibility index (Phi) is 4.83. The first-order valence-electron chi connectivity index (χ1n) is 5.95. The van der Waals surface area contributed by atoms with E-state index in [1.54, 1.807) is 0 Å². The summed E-state index contributed by atoms with van der Waals surface area (Å²) in [6.45, 7) is 6.52. The second-order valence-electron chi connectivity index (χ2n) is 4.52. The van der Waals surface area contributed by atoms with Gasteiger partial charge in [-0.25, -0.2) is 0 Å². The SMILES string of the molecule is CCCC(N)CCc1ccc(C)cc1C. The lowest BCUT2D eigenvalue weighted by molar-refractivity contribution is 0.560. The van der Waals surface area contributed by atoms with E-state index in [9.17, 15) is 0 Å². The molecule has 84 valence electrons. The minimum atomic E-state index is 0.371. The van der Waals surface area contributed by atoms with Crippen LogP contribution in [0.3, 0.4) is 0 Å². The highest BCUT2D eigenvalue weighted by molar-refractivity contribution is 5.30. The second-order valence-corrected chi connectivity index (χ2v) is 4.52. The lowest BCUT2D eigenvalue weighted by Gasteiger charge is -2.11. The zero-order valence-corrected chi connectivity index (χ0v) is 10.2. The molecular formula is C14H23N. The van der Waals surface area contributed by atoms with Crippen molar-refractivity contribution in [2.24, 2.45) is 5.73 Å². The number of nitrogens with two attached hydrogens (primary N) is 1. The number of rotatable bonds is 5. The van der Waals surface area contributed by atoms with Gasteiger partial charge in [-0.3, -0.25) is 0 Å². The van der Waals surface area contributed by atoms with Crippen molar-refractivity contribution < 1.29 is 0 Å². The molecule has 0 heterocycles. The molecular weight excluding hydrogens is 182 g/mol. The Morgan fingerprint density at radius 2 is 1.93 bits per heavy atom. The second kappa shape index (κ2) is 5.92. The Morgan fingerprint density at radius 1 is 1.20 bits per heavy atom. The number of benzene rings is 1. The van der Waals surface area contributed by atoms with Gasteiger partial charge in [-0.15, -0.1) is 0 Å². The van der Waals surface area contributed by atoms with Gasteiger partial charge in [0.2, 0.25) is 0 Å². The van der Waals surface area contributed by atoms with Crippen molar-refractivity contribution in [1.29, 1.82) is 0 Å². The third-order valence-electron chi connectivity index (χ3n) is 2.94. The van der Waals surface area contributed by atoms with E-state index in [1.807, 2.05) is 0 Å². The Balaban J connectivity index is 2.50. The fraction of sp³-hybridized carbons (Fsp3) is 0.571. The van der Waals surface area contributed by atoms with E-state index in [0.717, 1.165) is 19.3 Å². The van der Waals surface area contributed by atoms with Crippen molar-refractivity contribution in [2.45, 2.75) is 52.5 Å². The van der Waals surface area contributed by atoms with Gasteiger partial charge in [-0.1, -0.05) is 37.1 Å². The maximum atomic E-state index is 6.01. The van der Waals surface area contributed by atoms with E-state index >= 15 is 0 Å². The molecule has 1 unspecified atom stereocenters. The van der Waals surface area contributed by atoms with E-state index < -0.39 is 0 Å². The summed E-state index contributed by atoms with van der Waals surface area (Å²) in [5, 5.41) is 0. The molecule has 0 aromatic heterocycles. The molecule has 0 fully saturated rings. The fourth-order valence-electron chi connectivity index (χ4n) is 1.98. The maximum Gasteiger partial charge on any atom is 0.00418 e. The summed E-state index contributed by atoms with van der Waals surface area (Å²) in [5.74, 6) is 0. The standard InChI is InChI=1S/C14H23N/c1-4-5-14(15)9-8-13-7-6-11(2)10-12(13)3/h6-7,10,14H,4-5,8-9,15H2,1-3H3. The average Bonchev–Trinajstić information content (AvgIpc) is 2.17. The van der Waals surface area contributed by atoms with E-state index in [2.05, 4.69) is 39.0 Å². The molecule has 0 aliphatic rings. The highest BCUT2D eigenvalue weighted by atomic mass is 14.6. The normalized spacial score (nSPS) is 12.8. The number of hydrogen-bond acceptors (Lipinski definition) is 1. The molecule has 1 rings (SSSR count). The van der Waals surface area contributed by atoms with Crippen molar-refractivity contribution in [3.63, 3.8) is 0 Å². The van der Waals surface area contributed by atoms with Gasteiger partial charge in [0.05, 0.1) is 0 Å². The number of aryl methyl sites for hydroxylation is 3. The first-order chi connectivity index (χ1) is 7.13. The zero-order valence-electron chi connectivity index (χ0n) is 10.2. The molecule has 0 spiro atoms. The van der Waals surface area contributed by atoms with Crippen LogP contribution in [0.2, 0.25) is 0 Å². The van der Waals surface area contributed by atoms with Crippen LogP contribution in [-0.4, -0.2) is 6.04 Å². The summed E-state index contributed by atoms with van der Waals surface area (Å²) in [5.41, 5.74) is 10.2. The zero-order chi connectivity index (χ0) is 11.3. The molecule has 0 saturated carbocycles. The average molecular weight is 205 g/mol. The Labute approximate surface area is 93.7 Å². The summed E-state index contributed by atoms with van der Waals surface area (Å²) >= 11 is 0. The van der Waals surface area contributed by atoms with Gasteiger partial charge in [0, 0.05) is 6.04 Å². The van der Waals surface area contributed by atoms with Crippen molar-refractivity contribution in [3.05, 3.63) is 34.9 Å². The van der Waals surface area contributed by atoms with Crippen molar-refractivity contribution in [3.8, 4) is 0 Å². The minimum Gasteiger partial charge on any atom is -0.328 e. The van der Waals surface area contributed by atoms with Crippen LogP contribution in [-0.2, 0) is 6.42 Å². The van der Waals surface area contributed by atoms with E-state index in [-0.39, 0.29) is 0 Å². The van der Waals surface area contributed by atoms with Crippen LogP contribution < -0.4 is 5.73 Å². The molecule has 0 saturated heterocycles. The van der Waals surface area contributed by atoms with Crippen LogP contribution >= 0.6 is 0 Å². The minimum absolute atomic E-state index is 0.371. The van der Waals surface area contributed by atoms with Crippen LogP contribution in [0.4, 0.5) is 0 Å². The van der Waals surface area contributed by atoms with Crippen molar-refractivity contribution >= 4 is 0 Å². The van der Waals surface area contributed by atoms with Gasteiger partial charge < -0.3 is 5.73 Å². The van der Waals surface area contributed by atoms with Crippen molar-refractivity contribution in [2.75, 3.05) is 0 Å². The highest BCUT2D eigenvalue weighted by Crippen LogP contribution is 2.14. The van der Waals surface area contributed by atoms with Crippen LogP contribution in [0, 0.1) is 13.8 Å². The molecule has 1 atom stereocenters. The van der Waals surface area contributed by atoms with Crippen LogP contribution in [0.25, 0.3) is 0 Å². The maximum absolute atomic E-state index is 6.01. The molecule has 1 aromatic rings. The van der Waals surface area contributed by atoms with E-state index in [4.69, 9.17) is 5.73 Å². The Hall–Kier alpha value is -0.820. The predicted molar refractivity (Wildman–Crippen MR) is 67.1 cm³/mol. The monoisotopic (exact) mass is 205 g/mol. The molecule has 2 N–H and O–H groups in total. The summed E-state index contributed by atoms with van der Waals surface area (Å²) in [6.07, 6.45) is 4.56. The fourth-order valence-corrected chi connectivity index (χ4v) is 1.98. The lowest BCUT2D eigenvalue weighted by atomic mass is 9.98. The van der Waals surface area contributed by atoms with E-state index in [0.29, 0.717) is 6.04 Å². The first kappa shape index (κ1) is 12.3. The largest absolute Gasteiger partial charge is 0.328 e. The van der Waals surface area contributed by atoms with Gasteiger partial charge in [0.25, 0.3) is 0 Å². The van der Waals surface area contributed by atoms with Crippen LogP contribution in [0.5, 0.6) is 0 Å². The predicted octanol–water partition coefficient (Wildman–Crippen LogP) is 3.36. The molecule has 15 heavy (non-hydrogen) atoms. The van der Waals surface area contributed by atoms with Gasteiger partial charge in [-0.05, 0) is 44.2 Å². The third-order valence-corrected chi connectivity index (χ3v) is 2.94. The molecule has 1 nitrogen and oxygen atoms in total. The summed E-state index contributed by atoms with van der Waals surface area (Å²) < 4.78 is 0. The van der Waals surface area contributed by atoms with Gasteiger partial charge in [-0.2, -0.15) is 0 Å². The molecule has 1 heteroatoms. The Morgan fingerprint density at radius 3 is 2.53 bits per heavy atom. The summed E-state index contributed by atoms with van der Waals surface area (Å²) in [6, 6.07) is 7.05.